The molecule has 2 heterocycles. The van der Waals surface area contributed by atoms with Crippen LogP contribution in [0.15, 0.2) is 35.4 Å². The highest BCUT2D eigenvalue weighted by molar-refractivity contribution is 7.98. The van der Waals surface area contributed by atoms with Crippen LogP contribution in [0.4, 0.5) is 5.69 Å². The number of rotatable bonds is 3. The lowest BCUT2D eigenvalue weighted by atomic mass is 10.3. The second kappa shape index (κ2) is 5.58. The zero-order chi connectivity index (χ0) is 15.0. The van der Waals surface area contributed by atoms with E-state index in [-0.39, 0.29) is 0 Å². The van der Waals surface area contributed by atoms with Crippen LogP contribution in [0.1, 0.15) is 17.1 Å². The first kappa shape index (κ1) is 14.2. The monoisotopic (exact) mass is 318 g/mol. The third kappa shape index (κ3) is 2.99. The zero-order valence-electron chi connectivity index (χ0n) is 11.8. The molecule has 0 aliphatic rings. The van der Waals surface area contributed by atoms with E-state index in [4.69, 9.17) is 17.3 Å². The van der Waals surface area contributed by atoms with Crippen molar-refractivity contribution in [3.8, 4) is 0 Å². The second-order valence-electron chi connectivity index (χ2n) is 4.91. The molecule has 0 fully saturated rings. The zero-order valence-corrected chi connectivity index (χ0v) is 13.4. The summed E-state index contributed by atoms with van der Waals surface area (Å²) in [5.41, 5.74) is 9.77. The molecule has 0 radical (unpaired) electrons. The number of aryl methyl sites for hydroxylation is 2. The molecule has 108 valence electrons. The van der Waals surface area contributed by atoms with Gasteiger partial charge >= 0.3 is 0 Å². The molecule has 0 unspecified atom stereocenters. The van der Waals surface area contributed by atoms with E-state index in [2.05, 4.69) is 16.9 Å². The highest BCUT2D eigenvalue weighted by Gasteiger charge is 2.08. The Bertz CT molecular complexity index is 813. The standard InChI is InChI=1S/C15H15ClN4S/c1-9-5-10(2)20-7-12(19-15(20)18-9)8-21-14-6-11(16)3-4-13(14)17/h3-7H,8,17H2,1-2H3. The Morgan fingerprint density at radius 2 is 2.05 bits per heavy atom. The number of halogens is 1. The SMILES string of the molecule is Cc1cc(C)n2cc(CSc3cc(Cl)ccc3N)nc2n1. The maximum Gasteiger partial charge on any atom is 0.234 e. The van der Waals surface area contributed by atoms with Gasteiger partial charge in [0.25, 0.3) is 0 Å². The van der Waals surface area contributed by atoms with Gasteiger partial charge in [-0.25, -0.2) is 9.97 Å². The largest absolute Gasteiger partial charge is 0.398 e. The van der Waals surface area contributed by atoms with Crippen molar-refractivity contribution >= 4 is 34.8 Å². The van der Waals surface area contributed by atoms with Crippen LogP contribution < -0.4 is 5.73 Å². The molecule has 2 N–H and O–H groups in total. The predicted octanol–water partition coefficient (Wildman–Crippen LogP) is 3.87. The average molecular weight is 319 g/mol. The number of imidazole rings is 1. The number of nitrogens with zero attached hydrogens (tertiary/aromatic N) is 3. The maximum absolute atomic E-state index is 6.00. The summed E-state index contributed by atoms with van der Waals surface area (Å²) < 4.78 is 2.00. The molecule has 6 heteroatoms. The Balaban J connectivity index is 1.85. The predicted molar refractivity (Wildman–Crippen MR) is 87.9 cm³/mol. The van der Waals surface area contributed by atoms with Crippen LogP contribution in [0.3, 0.4) is 0 Å². The van der Waals surface area contributed by atoms with Crippen LogP contribution in [-0.2, 0) is 5.75 Å². The molecule has 0 spiro atoms. The highest BCUT2D eigenvalue weighted by Crippen LogP contribution is 2.30. The van der Waals surface area contributed by atoms with Crippen LogP contribution in [-0.4, -0.2) is 14.4 Å². The molecule has 0 amide bonds. The number of hydrogen-bond acceptors (Lipinski definition) is 4. The van der Waals surface area contributed by atoms with Crippen molar-refractivity contribution in [3.63, 3.8) is 0 Å². The summed E-state index contributed by atoms with van der Waals surface area (Å²) in [7, 11) is 0. The van der Waals surface area contributed by atoms with Gasteiger partial charge in [-0.1, -0.05) is 11.6 Å². The lowest BCUT2D eigenvalue weighted by Crippen LogP contribution is -1.94. The van der Waals surface area contributed by atoms with Crippen LogP contribution in [0, 0.1) is 13.8 Å². The minimum absolute atomic E-state index is 0.690. The van der Waals surface area contributed by atoms with E-state index < -0.39 is 0 Å². The van der Waals surface area contributed by atoms with Gasteiger partial charge in [-0.2, -0.15) is 0 Å². The van der Waals surface area contributed by atoms with E-state index >= 15 is 0 Å². The van der Waals surface area contributed by atoms with Crippen molar-refractivity contribution in [1.29, 1.82) is 0 Å². The minimum Gasteiger partial charge on any atom is -0.398 e. The van der Waals surface area contributed by atoms with Gasteiger partial charge in [-0.15, -0.1) is 11.8 Å². The highest BCUT2D eigenvalue weighted by atomic mass is 35.5. The van der Waals surface area contributed by atoms with Crippen molar-refractivity contribution < 1.29 is 0 Å². The number of aromatic nitrogens is 3. The topological polar surface area (TPSA) is 56.2 Å². The number of nitrogens with two attached hydrogens (primary N) is 1. The van der Waals surface area contributed by atoms with E-state index in [0.29, 0.717) is 5.02 Å². The first-order valence-electron chi connectivity index (χ1n) is 6.53. The lowest BCUT2D eigenvalue weighted by Gasteiger charge is -2.04. The van der Waals surface area contributed by atoms with Crippen LogP contribution in [0.25, 0.3) is 5.78 Å². The van der Waals surface area contributed by atoms with E-state index in [1.54, 1.807) is 17.8 Å². The molecule has 0 atom stereocenters. The summed E-state index contributed by atoms with van der Waals surface area (Å²) in [6.07, 6.45) is 2.02. The molecule has 3 rings (SSSR count). The summed E-state index contributed by atoms with van der Waals surface area (Å²) in [6.45, 7) is 4.03. The van der Waals surface area contributed by atoms with E-state index in [0.717, 1.165) is 39.2 Å². The van der Waals surface area contributed by atoms with Crippen molar-refractivity contribution in [3.05, 3.63) is 52.6 Å². The quantitative estimate of drug-likeness (QED) is 0.588. The molecule has 21 heavy (non-hydrogen) atoms. The Labute approximate surface area is 132 Å². The molecule has 1 aromatic carbocycles. The summed E-state index contributed by atoms with van der Waals surface area (Å²) in [6, 6.07) is 7.54. The Hall–Kier alpha value is -1.72. The third-order valence-corrected chi connectivity index (χ3v) is 4.50. The third-order valence-electron chi connectivity index (χ3n) is 3.16. The second-order valence-corrected chi connectivity index (χ2v) is 6.37. The van der Waals surface area contributed by atoms with Crippen LogP contribution >= 0.6 is 23.4 Å². The molecule has 0 aliphatic carbocycles. The smallest absolute Gasteiger partial charge is 0.234 e. The van der Waals surface area contributed by atoms with Gasteiger partial charge in [0.2, 0.25) is 5.78 Å². The number of fused-ring (bicyclic) bond motifs is 1. The molecule has 0 bridgehead atoms. The first-order chi connectivity index (χ1) is 10.0. The van der Waals surface area contributed by atoms with Crippen molar-refractivity contribution in [2.75, 3.05) is 5.73 Å². The van der Waals surface area contributed by atoms with Crippen molar-refractivity contribution in [1.82, 2.24) is 14.4 Å². The molecule has 4 nitrogen and oxygen atoms in total. The van der Waals surface area contributed by atoms with Crippen LogP contribution in [0.5, 0.6) is 0 Å². The fraction of sp³-hybridized carbons (Fsp3) is 0.200. The number of anilines is 1. The van der Waals surface area contributed by atoms with Gasteiger partial charge < -0.3 is 5.73 Å². The molecule has 3 aromatic rings. The molecule has 0 saturated heterocycles. The maximum atomic E-state index is 6.00. The molecular weight excluding hydrogens is 304 g/mol. The van der Waals surface area contributed by atoms with Crippen LogP contribution in [0.2, 0.25) is 5.02 Å². The molecule has 2 aromatic heterocycles. The summed E-state index contributed by atoms with van der Waals surface area (Å²) in [4.78, 5) is 9.97. The van der Waals surface area contributed by atoms with Gasteiger partial charge in [0, 0.05) is 38.9 Å². The van der Waals surface area contributed by atoms with E-state index in [1.165, 1.54) is 0 Å². The normalized spacial score (nSPS) is 11.2. The van der Waals surface area contributed by atoms with E-state index in [1.807, 2.05) is 35.7 Å². The van der Waals surface area contributed by atoms with Crippen molar-refractivity contribution in [2.45, 2.75) is 24.5 Å². The average Bonchev–Trinajstić information content (AvgIpc) is 2.83. The fourth-order valence-electron chi connectivity index (χ4n) is 2.17. The Morgan fingerprint density at radius 3 is 2.86 bits per heavy atom. The van der Waals surface area contributed by atoms with Crippen molar-refractivity contribution in [2.24, 2.45) is 0 Å². The Morgan fingerprint density at radius 1 is 1.24 bits per heavy atom. The van der Waals surface area contributed by atoms with Gasteiger partial charge in [-0.05, 0) is 38.1 Å². The number of thioether (sulfide) groups is 1. The Kier molecular flexibility index (Phi) is 3.78. The number of hydrogen-bond donors (Lipinski definition) is 1. The van der Waals surface area contributed by atoms with Gasteiger partial charge in [0.1, 0.15) is 0 Å². The fourth-order valence-corrected chi connectivity index (χ4v) is 3.30. The first-order valence-corrected chi connectivity index (χ1v) is 7.89. The molecular formula is C15H15ClN4S. The lowest BCUT2D eigenvalue weighted by molar-refractivity contribution is 1.01. The summed E-state index contributed by atoms with van der Waals surface area (Å²) in [5, 5.41) is 0.690. The summed E-state index contributed by atoms with van der Waals surface area (Å²) >= 11 is 7.63. The summed E-state index contributed by atoms with van der Waals surface area (Å²) in [5.74, 6) is 1.47. The van der Waals surface area contributed by atoms with Gasteiger partial charge in [0.15, 0.2) is 0 Å². The van der Waals surface area contributed by atoms with Gasteiger partial charge in [0.05, 0.1) is 5.69 Å². The van der Waals surface area contributed by atoms with Gasteiger partial charge in [-0.3, -0.25) is 4.40 Å². The van der Waals surface area contributed by atoms with E-state index in [9.17, 15) is 0 Å². The minimum atomic E-state index is 0.690. The molecule has 0 saturated carbocycles. The molecule has 0 aliphatic heterocycles. The number of benzene rings is 1. The number of nitrogen functional groups attached to an aromatic ring is 1.